The second-order valence-corrected chi connectivity index (χ2v) is 14.1. The normalized spacial score (nSPS) is 12.5. The van der Waals surface area contributed by atoms with Gasteiger partial charge in [-0.25, -0.2) is 0 Å². The molecule has 39 heavy (non-hydrogen) atoms. The van der Waals surface area contributed by atoms with Crippen molar-refractivity contribution in [2.24, 2.45) is 4.99 Å². The number of nitrogens with zero attached hydrogens (tertiary/aromatic N) is 2. The van der Waals surface area contributed by atoms with E-state index in [2.05, 4.69) is 64.7 Å². The predicted molar refractivity (Wildman–Crippen MR) is 158 cm³/mol. The van der Waals surface area contributed by atoms with E-state index in [4.69, 9.17) is 4.99 Å². The van der Waals surface area contributed by atoms with Gasteiger partial charge in [-0.1, -0.05) is 125 Å². The van der Waals surface area contributed by atoms with Crippen molar-refractivity contribution in [1.29, 1.82) is 0 Å². The van der Waals surface area contributed by atoms with Crippen LogP contribution < -0.4 is 10.2 Å². The number of pyridine rings is 1. The molecule has 0 saturated heterocycles. The van der Waals surface area contributed by atoms with E-state index in [-0.39, 0.29) is 49.7 Å². The van der Waals surface area contributed by atoms with Gasteiger partial charge in [0.15, 0.2) is 0 Å². The molecule has 2 aromatic carbocycles. The summed E-state index contributed by atoms with van der Waals surface area (Å²) in [7, 11) is 0. The fraction of sp³-hybridized carbons (Fsp3) is 0.471. The zero-order valence-corrected chi connectivity index (χ0v) is 26.8. The average molecular weight is 573 g/mol. The monoisotopic (exact) mass is 572 g/mol. The van der Waals surface area contributed by atoms with E-state index in [1.807, 2.05) is 66.0 Å². The van der Waals surface area contributed by atoms with Crippen LogP contribution in [0.4, 0.5) is 5.69 Å². The third kappa shape index (κ3) is 9.50. The summed E-state index contributed by atoms with van der Waals surface area (Å²) in [5, 5.41) is 23.9. The smallest absolute Gasteiger partial charge is 0.873 e. The molecule has 3 aromatic rings. The van der Waals surface area contributed by atoms with Crippen molar-refractivity contribution in [3.63, 3.8) is 0 Å². The molecule has 5 heteroatoms. The Hall–Kier alpha value is -2.65. The molecular weight excluding hydrogens is 527 g/mol. The Kier molecular flexibility index (Phi) is 11.2. The van der Waals surface area contributed by atoms with Crippen molar-refractivity contribution < 1.29 is 26.7 Å². The number of hydrogen-bond donors (Lipinski definition) is 0. The summed E-state index contributed by atoms with van der Waals surface area (Å²) in [6, 6.07) is 16.1. The first-order valence-corrected chi connectivity index (χ1v) is 13.3. The maximum atomic E-state index is 12.0. The second kappa shape index (κ2) is 12.7. The molecule has 3 rings (SSSR count). The van der Waals surface area contributed by atoms with Crippen molar-refractivity contribution in [3.8, 4) is 11.5 Å². The Balaban J connectivity index is 0.000000399. The zero-order valence-electron chi connectivity index (χ0n) is 25.8. The van der Waals surface area contributed by atoms with Gasteiger partial charge in [-0.3, -0.25) is 9.98 Å². The van der Waals surface area contributed by atoms with Crippen LogP contribution >= 0.6 is 0 Å². The van der Waals surface area contributed by atoms with Crippen molar-refractivity contribution in [2.75, 3.05) is 0 Å². The summed E-state index contributed by atoms with van der Waals surface area (Å²) in [4.78, 5) is 9.04. The molecule has 214 valence electrons. The van der Waals surface area contributed by atoms with Gasteiger partial charge in [0, 0.05) is 6.20 Å². The van der Waals surface area contributed by atoms with Gasteiger partial charge in [0.2, 0.25) is 0 Å². The largest absolute Gasteiger partial charge is 2.00 e. The van der Waals surface area contributed by atoms with Crippen LogP contribution in [0, 0.1) is 0 Å². The quantitative estimate of drug-likeness (QED) is 0.232. The molecule has 4 nitrogen and oxygen atoms in total. The Labute approximate surface area is 247 Å². The minimum Gasteiger partial charge on any atom is -0.873 e. The molecule has 0 radical (unpaired) electrons. The molecule has 0 amide bonds. The molecule has 0 aliphatic heterocycles. The molecule has 0 bridgehead atoms. The van der Waals surface area contributed by atoms with E-state index < -0.39 is 0 Å². The first-order chi connectivity index (χ1) is 17.2. The SMILES string of the molecule is CC(C)(C)c1ccc(C(C)(C)C)c(N=Cc2ccccn2)c1.CC(C)(C)c1ccc(C(C)(C)C)c([O-])c1[O-].[Ni+2]. The number of aliphatic imine (C=N–C) groups is 1. The van der Waals surface area contributed by atoms with Crippen LogP contribution in [0.5, 0.6) is 11.5 Å². The Morgan fingerprint density at radius 3 is 1.46 bits per heavy atom. The maximum absolute atomic E-state index is 12.0. The summed E-state index contributed by atoms with van der Waals surface area (Å²) in [5.41, 5.74) is 5.31. The van der Waals surface area contributed by atoms with Crippen LogP contribution in [0.2, 0.25) is 0 Å². The Bertz CT molecular complexity index is 1210. The van der Waals surface area contributed by atoms with Gasteiger partial charge in [-0.15, -0.1) is 11.5 Å². The van der Waals surface area contributed by atoms with Gasteiger partial charge in [0.05, 0.1) is 17.6 Å². The van der Waals surface area contributed by atoms with Crippen LogP contribution in [0.3, 0.4) is 0 Å². The molecule has 0 aliphatic rings. The van der Waals surface area contributed by atoms with Crippen molar-refractivity contribution in [3.05, 3.63) is 82.7 Å². The number of rotatable bonds is 2. The van der Waals surface area contributed by atoms with E-state index in [1.54, 1.807) is 18.3 Å². The standard InChI is InChI=1S/C20H26N2.C14H22O2.Ni/c1-19(2,3)15-10-11-17(20(4,5)6)18(13-15)22-14-16-9-7-8-12-21-16;1-13(2,3)9-7-8-10(14(4,5)6)12(16)11(9)15;/h7-14H,1-6H3;7-8,15-16H,1-6H3;/q;;+2/p-2. The van der Waals surface area contributed by atoms with E-state index >= 15 is 0 Å². The van der Waals surface area contributed by atoms with Crippen LogP contribution in [0.25, 0.3) is 0 Å². The topological polar surface area (TPSA) is 71.4 Å². The van der Waals surface area contributed by atoms with Gasteiger partial charge in [0.25, 0.3) is 0 Å². The third-order valence-electron chi connectivity index (χ3n) is 6.42. The summed E-state index contributed by atoms with van der Waals surface area (Å²) < 4.78 is 0. The Morgan fingerprint density at radius 1 is 0.615 bits per heavy atom. The molecule has 1 heterocycles. The minimum absolute atomic E-state index is 0. The van der Waals surface area contributed by atoms with E-state index in [0.29, 0.717) is 11.1 Å². The first-order valence-electron chi connectivity index (χ1n) is 13.3. The average Bonchev–Trinajstić information content (AvgIpc) is 2.77. The van der Waals surface area contributed by atoms with E-state index in [0.717, 1.165) is 11.4 Å². The van der Waals surface area contributed by atoms with Gasteiger partial charge in [-0.2, -0.15) is 0 Å². The van der Waals surface area contributed by atoms with Crippen molar-refractivity contribution in [2.45, 2.75) is 105 Å². The summed E-state index contributed by atoms with van der Waals surface area (Å²) in [6.45, 7) is 25.0. The third-order valence-corrected chi connectivity index (χ3v) is 6.42. The molecule has 0 spiro atoms. The van der Waals surface area contributed by atoms with Crippen LogP contribution in [-0.4, -0.2) is 11.2 Å². The molecule has 0 atom stereocenters. The molecule has 0 unspecified atom stereocenters. The molecular formula is C34H46N2NiO2. The summed E-state index contributed by atoms with van der Waals surface area (Å²) >= 11 is 0. The fourth-order valence-electron chi connectivity index (χ4n) is 4.07. The van der Waals surface area contributed by atoms with Crippen LogP contribution in [0.1, 0.15) is 111 Å². The second-order valence-electron chi connectivity index (χ2n) is 14.1. The molecule has 1 aromatic heterocycles. The first kappa shape index (κ1) is 34.4. The van der Waals surface area contributed by atoms with Crippen LogP contribution in [0.15, 0.2) is 59.7 Å². The number of hydrogen-bond acceptors (Lipinski definition) is 4. The van der Waals surface area contributed by atoms with E-state index in [9.17, 15) is 10.2 Å². The van der Waals surface area contributed by atoms with Crippen molar-refractivity contribution in [1.82, 2.24) is 4.98 Å². The predicted octanol–water partition coefficient (Wildman–Crippen LogP) is 7.85. The number of benzene rings is 2. The maximum Gasteiger partial charge on any atom is 2.00 e. The molecule has 0 aliphatic carbocycles. The molecule has 0 saturated carbocycles. The van der Waals surface area contributed by atoms with Gasteiger partial charge in [0.1, 0.15) is 0 Å². The minimum atomic E-state index is -0.347. The van der Waals surface area contributed by atoms with Gasteiger partial charge < -0.3 is 10.2 Å². The summed E-state index contributed by atoms with van der Waals surface area (Å²) in [5.74, 6) is -0.695. The molecule has 0 N–H and O–H groups in total. The van der Waals surface area contributed by atoms with Gasteiger partial charge >= 0.3 is 16.5 Å². The van der Waals surface area contributed by atoms with Crippen LogP contribution in [-0.2, 0) is 38.2 Å². The number of aromatic nitrogens is 1. The summed E-state index contributed by atoms with van der Waals surface area (Å²) in [6.07, 6.45) is 3.63. The molecule has 0 fully saturated rings. The van der Waals surface area contributed by atoms with E-state index in [1.165, 1.54) is 11.1 Å². The fourth-order valence-corrected chi connectivity index (χ4v) is 4.07. The van der Waals surface area contributed by atoms with Crippen molar-refractivity contribution >= 4 is 11.9 Å². The Morgan fingerprint density at radius 2 is 1.08 bits per heavy atom. The van der Waals surface area contributed by atoms with Gasteiger partial charge in [-0.05, 0) is 51.0 Å². The zero-order chi connectivity index (χ0) is 29.1.